The van der Waals surface area contributed by atoms with Gasteiger partial charge in [0.15, 0.2) is 0 Å². The van der Waals surface area contributed by atoms with Gasteiger partial charge in [0.25, 0.3) is 0 Å². The molecule has 1 aliphatic heterocycles. The van der Waals surface area contributed by atoms with Crippen molar-refractivity contribution in [2.75, 3.05) is 20.3 Å². The van der Waals surface area contributed by atoms with E-state index in [4.69, 9.17) is 14.1 Å². The summed E-state index contributed by atoms with van der Waals surface area (Å²) in [5.74, 6) is 1.27. The third-order valence-electron chi connectivity index (χ3n) is 4.70. The fourth-order valence-corrected chi connectivity index (χ4v) is 3.52. The molecule has 2 aromatic rings. The average molecular weight is 301 g/mol. The molecule has 5 nitrogen and oxygen atoms in total. The number of nitrogens with zero attached hydrogens (tertiary/aromatic N) is 3. The standard InChI is InChI=1S/C17H23N3O2/c1-21-11-15-8-19(6-14-4-5-22-10-14)9-16-17(15)20(12-18-16)7-13-2-3-13/h4-5,10,12-13,15H,2-3,6-9,11H2,1H3/t15-/m0/s1. The van der Waals surface area contributed by atoms with Gasteiger partial charge in [-0.15, -0.1) is 0 Å². The van der Waals surface area contributed by atoms with Crippen LogP contribution in [0.25, 0.3) is 0 Å². The zero-order chi connectivity index (χ0) is 14.9. The number of imidazole rings is 1. The number of fused-ring (bicyclic) bond motifs is 1. The molecule has 2 aromatic heterocycles. The van der Waals surface area contributed by atoms with E-state index in [0.717, 1.165) is 38.7 Å². The minimum Gasteiger partial charge on any atom is -0.472 e. The summed E-state index contributed by atoms with van der Waals surface area (Å²) in [5.41, 5.74) is 3.84. The van der Waals surface area contributed by atoms with Crippen molar-refractivity contribution >= 4 is 0 Å². The zero-order valence-electron chi connectivity index (χ0n) is 13.1. The van der Waals surface area contributed by atoms with Crippen molar-refractivity contribution in [3.63, 3.8) is 0 Å². The van der Waals surface area contributed by atoms with E-state index in [1.807, 2.05) is 18.7 Å². The van der Waals surface area contributed by atoms with Crippen LogP contribution >= 0.6 is 0 Å². The molecular formula is C17H23N3O2. The summed E-state index contributed by atoms with van der Waals surface area (Å²) in [7, 11) is 1.79. The summed E-state index contributed by atoms with van der Waals surface area (Å²) in [6, 6.07) is 2.03. The summed E-state index contributed by atoms with van der Waals surface area (Å²) in [6.07, 6.45) is 8.34. The van der Waals surface area contributed by atoms with Gasteiger partial charge in [0.1, 0.15) is 0 Å². The minimum atomic E-state index is 0.405. The Morgan fingerprint density at radius 2 is 2.32 bits per heavy atom. The molecule has 0 N–H and O–H groups in total. The summed E-state index contributed by atoms with van der Waals surface area (Å²) in [6.45, 7) is 4.72. The van der Waals surface area contributed by atoms with Crippen molar-refractivity contribution < 1.29 is 9.15 Å². The first-order chi connectivity index (χ1) is 10.8. The molecule has 5 heteroatoms. The Morgan fingerprint density at radius 1 is 1.41 bits per heavy atom. The largest absolute Gasteiger partial charge is 0.472 e. The molecule has 0 amide bonds. The number of hydrogen-bond donors (Lipinski definition) is 0. The molecule has 2 aliphatic rings. The molecule has 118 valence electrons. The molecule has 1 aliphatic carbocycles. The van der Waals surface area contributed by atoms with Crippen LogP contribution in [0, 0.1) is 5.92 Å². The molecule has 3 heterocycles. The van der Waals surface area contributed by atoms with Crippen molar-refractivity contribution in [2.24, 2.45) is 5.92 Å². The quantitative estimate of drug-likeness (QED) is 0.822. The fourth-order valence-electron chi connectivity index (χ4n) is 3.52. The monoisotopic (exact) mass is 301 g/mol. The van der Waals surface area contributed by atoms with Crippen LogP contribution in [-0.4, -0.2) is 34.7 Å². The third kappa shape index (κ3) is 2.83. The molecule has 0 radical (unpaired) electrons. The van der Waals surface area contributed by atoms with Crippen LogP contribution in [-0.2, 0) is 24.4 Å². The molecule has 0 bridgehead atoms. The number of aromatic nitrogens is 2. The molecule has 1 saturated carbocycles. The first-order valence-corrected chi connectivity index (χ1v) is 8.09. The highest BCUT2D eigenvalue weighted by Crippen LogP contribution is 2.34. The van der Waals surface area contributed by atoms with Gasteiger partial charge in [-0.2, -0.15) is 0 Å². The van der Waals surface area contributed by atoms with E-state index >= 15 is 0 Å². The smallest absolute Gasteiger partial charge is 0.0952 e. The van der Waals surface area contributed by atoms with E-state index in [0.29, 0.717) is 5.92 Å². The van der Waals surface area contributed by atoms with Crippen LogP contribution in [0.5, 0.6) is 0 Å². The summed E-state index contributed by atoms with van der Waals surface area (Å²) >= 11 is 0. The van der Waals surface area contributed by atoms with Crippen LogP contribution in [0.3, 0.4) is 0 Å². The Balaban J connectivity index is 1.55. The van der Waals surface area contributed by atoms with Gasteiger partial charge in [-0.1, -0.05) is 0 Å². The van der Waals surface area contributed by atoms with Crippen LogP contribution in [0.4, 0.5) is 0 Å². The predicted molar refractivity (Wildman–Crippen MR) is 82.4 cm³/mol. The Kier molecular flexibility index (Phi) is 3.76. The molecule has 0 saturated heterocycles. The first kappa shape index (κ1) is 14.0. The van der Waals surface area contributed by atoms with Crippen LogP contribution < -0.4 is 0 Å². The Bertz CT molecular complexity index is 616. The maximum Gasteiger partial charge on any atom is 0.0952 e. The van der Waals surface area contributed by atoms with E-state index < -0.39 is 0 Å². The van der Waals surface area contributed by atoms with Crippen molar-refractivity contribution in [1.29, 1.82) is 0 Å². The van der Waals surface area contributed by atoms with Crippen molar-refractivity contribution in [3.8, 4) is 0 Å². The molecule has 1 fully saturated rings. The number of ether oxygens (including phenoxy) is 1. The van der Waals surface area contributed by atoms with Gasteiger partial charge < -0.3 is 13.7 Å². The normalized spacial score (nSPS) is 22.0. The van der Waals surface area contributed by atoms with E-state index in [-0.39, 0.29) is 0 Å². The lowest BCUT2D eigenvalue weighted by Gasteiger charge is -2.32. The summed E-state index contributed by atoms with van der Waals surface area (Å²) in [4.78, 5) is 7.13. The third-order valence-corrected chi connectivity index (χ3v) is 4.70. The molecule has 0 spiro atoms. The van der Waals surface area contributed by atoms with E-state index in [9.17, 15) is 0 Å². The topological polar surface area (TPSA) is 43.4 Å². The van der Waals surface area contributed by atoms with E-state index in [1.54, 1.807) is 13.4 Å². The van der Waals surface area contributed by atoms with Gasteiger partial charge in [0.05, 0.1) is 31.2 Å². The highest BCUT2D eigenvalue weighted by atomic mass is 16.5. The molecule has 0 aromatic carbocycles. The predicted octanol–water partition coefficient (Wildman–Crippen LogP) is 2.63. The lowest BCUT2D eigenvalue weighted by Crippen LogP contribution is -2.36. The number of hydrogen-bond acceptors (Lipinski definition) is 4. The van der Waals surface area contributed by atoms with Crippen molar-refractivity contribution in [3.05, 3.63) is 41.9 Å². The second-order valence-corrected chi connectivity index (χ2v) is 6.63. The van der Waals surface area contributed by atoms with Crippen LogP contribution in [0.1, 0.15) is 35.7 Å². The second-order valence-electron chi connectivity index (χ2n) is 6.63. The number of methoxy groups -OCH3 is 1. The Morgan fingerprint density at radius 3 is 3.05 bits per heavy atom. The van der Waals surface area contributed by atoms with Crippen molar-refractivity contribution in [1.82, 2.24) is 14.5 Å². The highest BCUT2D eigenvalue weighted by molar-refractivity contribution is 5.23. The molecule has 0 unspecified atom stereocenters. The molecule has 1 atom stereocenters. The Hall–Kier alpha value is -1.59. The first-order valence-electron chi connectivity index (χ1n) is 8.09. The number of rotatable bonds is 6. The fraction of sp³-hybridized carbons (Fsp3) is 0.588. The maximum absolute atomic E-state index is 5.48. The minimum absolute atomic E-state index is 0.405. The van der Waals surface area contributed by atoms with E-state index in [2.05, 4.69) is 9.47 Å². The SMILES string of the molecule is COC[C@@H]1CN(Cc2ccoc2)Cc2ncn(CC3CC3)c21. The van der Waals surface area contributed by atoms with Crippen LogP contribution in [0.15, 0.2) is 29.3 Å². The molecular weight excluding hydrogens is 278 g/mol. The molecule has 22 heavy (non-hydrogen) atoms. The van der Waals surface area contributed by atoms with E-state index in [1.165, 1.54) is 29.8 Å². The van der Waals surface area contributed by atoms with Gasteiger partial charge in [-0.25, -0.2) is 4.98 Å². The summed E-state index contributed by atoms with van der Waals surface area (Å²) < 4.78 is 13.0. The molecule has 4 rings (SSSR count). The van der Waals surface area contributed by atoms with Gasteiger partial charge >= 0.3 is 0 Å². The van der Waals surface area contributed by atoms with Crippen molar-refractivity contribution in [2.45, 2.75) is 38.4 Å². The highest BCUT2D eigenvalue weighted by Gasteiger charge is 2.31. The lowest BCUT2D eigenvalue weighted by molar-refractivity contribution is 0.131. The van der Waals surface area contributed by atoms with Gasteiger partial charge in [-0.05, 0) is 24.8 Å². The second kappa shape index (κ2) is 5.89. The summed E-state index contributed by atoms with van der Waals surface area (Å²) in [5, 5.41) is 0. The van der Waals surface area contributed by atoms with Gasteiger partial charge in [-0.3, -0.25) is 4.90 Å². The number of furan rings is 1. The van der Waals surface area contributed by atoms with Crippen LogP contribution in [0.2, 0.25) is 0 Å². The maximum atomic E-state index is 5.48. The zero-order valence-corrected chi connectivity index (χ0v) is 13.1. The Labute approximate surface area is 130 Å². The van der Waals surface area contributed by atoms with Gasteiger partial charge in [0, 0.05) is 50.5 Å². The average Bonchev–Trinajstić information content (AvgIpc) is 3.00. The lowest BCUT2D eigenvalue weighted by atomic mass is 9.98. The van der Waals surface area contributed by atoms with Gasteiger partial charge in [0.2, 0.25) is 0 Å².